The molecule has 1 aliphatic rings. The van der Waals surface area contributed by atoms with Crippen molar-refractivity contribution < 1.29 is 0 Å². The van der Waals surface area contributed by atoms with Crippen LogP contribution < -0.4 is 5.32 Å². The lowest BCUT2D eigenvalue weighted by Gasteiger charge is -2.13. The van der Waals surface area contributed by atoms with Crippen molar-refractivity contribution >= 4 is 16.3 Å². The topological polar surface area (TPSA) is 47.2 Å². The first-order chi connectivity index (χ1) is 9.88. The Morgan fingerprint density at radius 3 is 3.15 bits per heavy atom. The van der Waals surface area contributed by atoms with Crippen LogP contribution in [0.15, 0.2) is 17.9 Å². The van der Waals surface area contributed by atoms with Crippen molar-refractivity contribution in [2.45, 2.75) is 32.2 Å². The van der Waals surface area contributed by atoms with Crippen LogP contribution in [-0.4, -0.2) is 26.0 Å². The van der Waals surface area contributed by atoms with Crippen LogP contribution in [0.1, 0.15) is 29.9 Å². The van der Waals surface area contributed by atoms with E-state index in [2.05, 4.69) is 30.8 Å². The predicted octanol–water partition coefficient (Wildman–Crippen LogP) is 2.18. The second-order valence-corrected chi connectivity index (χ2v) is 6.06. The maximum atomic E-state index is 4.81. The highest BCUT2D eigenvalue weighted by molar-refractivity contribution is 7.15. The van der Waals surface area contributed by atoms with Crippen LogP contribution in [-0.2, 0) is 19.4 Å². The lowest BCUT2D eigenvalue weighted by molar-refractivity contribution is 0.652. The summed E-state index contributed by atoms with van der Waals surface area (Å²) in [6, 6.07) is 0. The number of imidazole rings is 2. The second-order valence-electron chi connectivity index (χ2n) is 5.18. The third-order valence-corrected chi connectivity index (χ3v) is 4.70. The van der Waals surface area contributed by atoms with Gasteiger partial charge in [0, 0.05) is 23.8 Å². The van der Waals surface area contributed by atoms with Crippen molar-refractivity contribution in [2.75, 3.05) is 7.05 Å². The van der Waals surface area contributed by atoms with Crippen molar-refractivity contribution in [3.05, 3.63) is 35.0 Å². The molecule has 0 atom stereocenters. The van der Waals surface area contributed by atoms with E-state index in [-0.39, 0.29) is 0 Å². The van der Waals surface area contributed by atoms with Crippen molar-refractivity contribution in [1.29, 1.82) is 0 Å². The summed E-state index contributed by atoms with van der Waals surface area (Å²) < 4.78 is 4.37. The molecule has 104 valence electrons. The summed E-state index contributed by atoms with van der Waals surface area (Å²) in [4.78, 5) is 10.4. The predicted molar refractivity (Wildman–Crippen MR) is 79.6 cm³/mol. The highest BCUT2D eigenvalue weighted by Gasteiger charge is 2.21. The molecule has 3 aromatic rings. The molecule has 4 rings (SSSR count). The molecule has 5 nitrogen and oxygen atoms in total. The molecular formula is C14H17N5S. The van der Waals surface area contributed by atoms with Gasteiger partial charge in [0.1, 0.15) is 6.33 Å². The SMILES string of the molecule is CNCc1c(-n2cnc3c2CCCC3)nc2sccn12. The van der Waals surface area contributed by atoms with Gasteiger partial charge in [0.25, 0.3) is 0 Å². The van der Waals surface area contributed by atoms with E-state index < -0.39 is 0 Å². The quantitative estimate of drug-likeness (QED) is 0.803. The van der Waals surface area contributed by atoms with E-state index in [0.717, 1.165) is 30.2 Å². The Kier molecular flexibility index (Phi) is 2.85. The van der Waals surface area contributed by atoms with Crippen LogP contribution in [0.5, 0.6) is 0 Å². The van der Waals surface area contributed by atoms with Gasteiger partial charge in [0.2, 0.25) is 0 Å². The molecule has 0 spiro atoms. The minimum absolute atomic E-state index is 0.806. The van der Waals surface area contributed by atoms with E-state index in [0.29, 0.717) is 0 Å². The number of hydrogen-bond donors (Lipinski definition) is 1. The molecule has 6 heteroatoms. The van der Waals surface area contributed by atoms with Crippen LogP contribution in [0.3, 0.4) is 0 Å². The molecule has 0 unspecified atom stereocenters. The number of thiazole rings is 1. The molecule has 0 aliphatic heterocycles. The van der Waals surface area contributed by atoms with Gasteiger partial charge in [0.05, 0.1) is 11.4 Å². The Morgan fingerprint density at radius 2 is 2.25 bits per heavy atom. The van der Waals surface area contributed by atoms with Crippen LogP contribution >= 0.6 is 11.3 Å². The van der Waals surface area contributed by atoms with E-state index in [9.17, 15) is 0 Å². The van der Waals surface area contributed by atoms with Gasteiger partial charge in [-0.25, -0.2) is 9.97 Å². The first-order valence-corrected chi connectivity index (χ1v) is 7.91. The molecule has 0 fully saturated rings. The van der Waals surface area contributed by atoms with Gasteiger partial charge in [-0.15, -0.1) is 11.3 Å². The second kappa shape index (κ2) is 4.71. The smallest absolute Gasteiger partial charge is 0.195 e. The molecule has 0 saturated carbocycles. The minimum atomic E-state index is 0.806. The van der Waals surface area contributed by atoms with Crippen LogP contribution in [0, 0.1) is 0 Å². The van der Waals surface area contributed by atoms with Gasteiger partial charge < -0.3 is 5.32 Å². The lowest BCUT2D eigenvalue weighted by Crippen LogP contribution is -2.12. The van der Waals surface area contributed by atoms with Crippen LogP contribution in [0.25, 0.3) is 10.8 Å². The van der Waals surface area contributed by atoms with Crippen LogP contribution in [0.2, 0.25) is 0 Å². The Balaban J connectivity index is 1.91. The molecule has 1 N–H and O–H groups in total. The molecule has 1 aliphatic carbocycles. The van der Waals surface area contributed by atoms with Gasteiger partial charge in [-0.2, -0.15) is 0 Å². The number of nitrogens with one attached hydrogen (secondary N) is 1. The summed E-state index contributed by atoms with van der Waals surface area (Å²) in [6.45, 7) is 0.806. The molecular weight excluding hydrogens is 270 g/mol. The molecule has 3 heterocycles. The number of hydrogen-bond acceptors (Lipinski definition) is 4. The minimum Gasteiger partial charge on any atom is -0.314 e. The number of aryl methyl sites for hydroxylation is 1. The normalized spacial score (nSPS) is 14.8. The zero-order chi connectivity index (χ0) is 13.5. The number of fused-ring (bicyclic) bond motifs is 2. The van der Waals surface area contributed by atoms with Crippen molar-refractivity contribution in [3.63, 3.8) is 0 Å². The summed E-state index contributed by atoms with van der Waals surface area (Å²) in [5.74, 6) is 1.03. The lowest BCUT2D eigenvalue weighted by atomic mass is 10.0. The maximum Gasteiger partial charge on any atom is 0.195 e. The van der Waals surface area contributed by atoms with Gasteiger partial charge >= 0.3 is 0 Å². The number of rotatable bonds is 3. The molecule has 20 heavy (non-hydrogen) atoms. The summed E-state index contributed by atoms with van der Waals surface area (Å²) in [5.41, 5.74) is 3.80. The zero-order valence-electron chi connectivity index (χ0n) is 11.5. The van der Waals surface area contributed by atoms with Gasteiger partial charge in [0.15, 0.2) is 10.8 Å². The van der Waals surface area contributed by atoms with Crippen LogP contribution in [0.4, 0.5) is 0 Å². The average molecular weight is 287 g/mol. The standard InChI is InChI=1S/C14H17N5S/c1-15-8-12-13(17-14-18(12)6-7-20-14)19-9-16-10-4-2-3-5-11(10)19/h6-7,9,15H,2-5,8H2,1H3. The largest absolute Gasteiger partial charge is 0.314 e. The average Bonchev–Trinajstić information content (AvgIpc) is 3.14. The van der Waals surface area contributed by atoms with E-state index in [1.807, 2.05) is 13.4 Å². The Labute approximate surface area is 121 Å². The van der Waals surface area contributed by atoms with Crippen molar-refractivity contribution in [1.82, 2.24) is 24.3 Å². The molecule has 0 radical (unpaired) electrons. The van der Waals surface area contributed by atoms with E-state index in [4.69, 9.17) is 4.98 Å². The zero-order valence-corrected chi connectivity index (χ0v) is 12.3. The van der Waals surface area contributed by atoms with Gasteiger partial charge in [-0.3, -0.25) is 8.97 Å². The van der Waals surface area contributed by atoms with E-state index >= 15 is 0 Å². The summed E-state index contributed by atoms with van der Waals surface area (Å²) in [5, 5.41) is 5.32. The first kappa shape index (κ1) is 12.1. The highest BCUT2D eigenvalue weighted by atomic mass is 32.1. The Morgan fingerprint density at radius 1 is 1.35 bits per heavy atom. The maximum absolute atomic E-state index is 4.81. The first-order valence-electron chi connectivity index (χ1n) is 7.03. The van der Waals surface area contributed by atoms with E-state index in [1.54, 1.807) is 11.3 Å². The third-order valence-electron chi connectivity index (χ3n) is 3.94. The van der Waals surface area contributed by atoms with E-state index in [1.165, 1.54) is 29.9 Å². The Bertz CT molecular complexity index is 751. The fourth-order valence-corrected chi connectivity index (χ4v) is 3.73. The molecule has 3 aromatic heterocycles. The Hall–Kier alpha value is -1.66. The summed E-state index contributed by atoms with van der Waals surface area (Å²) in [7, 11) is 1.97. The van der Waals surface area contributed by atoms with Crippen molar-refractivity contribution in [2.24, 2.45) is 0 Å². The molecule has 0 aromatic carbocycles. The number of nitrogens with zero attached hydrogens (tertiary/aromatic N) is 4. The summed E-state index contributed by atoms with van der Waals surface area (Å²) >= 11 is 1.67. The number of aromatic nitrogens is 4. The van der Waals surface area contributed by atoms with Gasteiger partial charge in [-0.05, 0) is 32.7 Å². The molecule has 0 amide bonds. The summed E-state index contributed by atoms with van der Waals surface area (Å²) in [6.07, 6.45) is 8.76. The molecule has 0 bridgehead atoms. The molecule has 0 saturated heterocycles. The monoisotopic (exact) mass is 287 g/mol. The van der Waals surface area contributed by atoms with Crippen molar-refractivity contribution in [3.8, 4) is 5.82 Å². The fraction of sp³-hybridized carbons (Fsp3) is 0.429. The fourth-order valence-electron chi connectivity index (χ4n) is 3.00. The highest BCUT2D eigenvalue weighted by Crippen LogP contribution is 2.26. The van der Waals surface area contributed by atoms with Gasteiger partial charge in [-0.1, -0.05) is 0 Å². The third kappa shape index (κ3) is 1.72.